The summed E-state index contributed by atoms with van der Waals surface area (Å²) >= 11 is 0. The molecular weight excluding hydrogens is 238 g/mol. The highest BCUT2D eigenvalue weighted by atomic mass is 16.5. The molecular formula is C15H29N3O. The molecule has 3 aliphatic rings. The van der Waals surface area contributed by atoms with E-state index in [9.17, 15) is 0 Å². The Balaban J connectivity index is 1.49. The number of hydrogen-bond acceptors (Lipinski definition) is 4. The summed E-state index contributed by atoms with van der Waals surface area (Å²) in [5, 5.41) is 3.42. The second-order valence-electron chi connectivity index (χ2n) is 6.60. The van der Waals surface area contributed by atoms with Crippen LogP contribution in [0.5, 0.6) is 0 Å². The molecule has 0 spiro atoms. The van der Waals surface area contributed by atoms with Gasteiger partial charge in [0.25, 0.3) is 0 Å². The number of piperidine rings is 1. The third-order valence-corrected chi connectivity index (χ3v) is 5.32. The Labute approximate surface area is 117 Å². The molecule has 110 valence electrons. The fourth-order valence-corrected chi connectivity index (χ4v) is 4.01. The van der Waals surface area contributed by atoms with Gasteiger partial charge in [0.1, 0.15) is 0 Å². The third-order valence-electron chi connectivity index (χ3n) is 5.32. The third kappa shape index (κ3) is 3.13. The van der Waals surface area contributed by atoms with E-state index >= 15 is 0 Å². The predicted octanol–water partition coefficient (Wildman–Crippen LogP) is 0.922. The van der Waals surface area contributed by atoms with Crippen LogP contribution in [0.15, 0.2) is 0 Å². The molecule has 0 amide bonds. The van der Waals surface area contributed by atoms with E-state index in [4.69, 9.17) is 4.74 Å². The molecule has 0 radical (unpaired) electrons. The zero-order valence-electron chi connectivity index (χ0n) is 12.5. The maximum absolute atomic E-state index is 6.10. The minimum Gasteiger partial charge on any atom is -0.374 e. The highest BCUT2D eigenvalue weighted by Crippen LogP contribution is 2.24. The number of likely N-dealkylation sites (tertiary alicyclic amines) is 1. The van der Waals surface area contributed by atoms with Crippen molar-refractivity contribution in [1.29, 1.82) is 0 Å². The van der Waals surface area contributed by atoms with Crippen molar-refractivity contribution in [3.8, 4) is 0 Å². The minimum absolute atomic E-state index is 0.433. The van der Waals surface area contributed by atoms with Gasteiger partial charge < -0.3 is 10.1 Å². The van der Waals surface area contributed by atoms with Crippen LogP contribution in [0.4, 0.5) is 0 Å². The Bertz CT molecular complexity index is 299. The smallest absolute Gasteiger partial charge is 0.0829 e. The number of ether oxygens (including phenoxy) is 1. The fraction of sp³-hybridized carbons (Fsp3) is 1.00. The molecule has 19 heavy (non-hydrogen) atoms. The SMILES string of the molecule is CNC1CCN(CC2CN3CCCC3CO2)C(C)C1. The molecule has 3 fully saturated rings. The van der Waals surface area contributed by atoms with Gasteiger partial charge in [-0.25, -0.2) is 0 Å². The van der Waals surface area contributed by atoms with Crippen molar-refractivity contribution in [2.45, 2.75) is 56.8 Å². The van der Waals surface area contributed by atoms with Crippen LogP contribution in [-0.4, -0.2) is 73.9 Å². The molecule has 3 rings (SSSR count). The van der Waals surface area contributed by atoms with Gasteiger partial charge in [-0.15, -0.1) is 0 Å². The monoisotopic (exact) mass is 267 g/mol. The fourth-order valence-electron chi connectivity index (χ4n) is 4.01. The van der Waals surface area contributed by atoms with E-state index in [1.807, 2.05) is 0 Å². The van der Waals surface area contributed by atoms with Gasteiger partial charge in [0.15, 0.2) is 0 Å². The lowest BCUT2D eigenvalue weighted by atomic mass is 9.98. The predicted molar refractivity (Wildman–Crippen MR) is 77.5 cm³/mol. The molecule has 4 nitrogen and oxygen atoms in total. The quantitative estimate of drug-likeness (QED) is 0.823. The number of hydrogen-bond donors (Lipinski definition) is 1. The summed E-state index contributed by atoms with van der Waals surface area (Å²) < 4.78 is 6.10. The van der Waals surface area contributed by atoms with Gasteiger partial charge in [0.2, 0.25) is 0 Å². The van der Waals surface area contributed by atoms with Crippen LogP contribution in [0.1, 0.15) is 32.6 Å². The van der Waals surface area contributed by atoms with E-state index in [1.165, 1.54) is 38.8 Å². The molecule has 4 heteroatoms. The van der Waals surface area contributed by atoms with E-state index in [-0.39, 0.29) is 0 Å². The minimum atomic E-state index is 0.433. The van der Waals surface area contributed by atoms with Crippen molar-refractivity contribution in [1.82, 2.24) is 15.1 Å². The van der Waals surface area contributed by atoms with Crippen molar-refractivity contribution in [2.24, 2.45) is 0 Å². The maximum Gasteiger partial charge on any atom is 0.0829 e. The van der Waals surface area contributed by atoms with Gasteiger partial charge in [-0.1, -0.05) is 0 Å². The largest absolute Gasteiger partial charge is 0.374 e. The van der Waals surface area contributed by atoms with E-state index in [0.717, 1.165) is 25.7 Å². The summed E-state index contributed by atoms with van der Waals surface area (Å²) in [6.45, 7) is 8.12. The highest BCUT2D eigenvalue weighted by molar-refractivity contribution is 4.89. The molecule has 0 bridgehead atoms. The van der Waals surface area contributed by atoms with Crippen molar-refractivity contribution < 1.29 is 4.74 Å². The zero-order valence-corrected chi connectivity index (χ0v) is 12.5. The number of nitrogens with one attached hydrogen (secondary N) is 1. The molecule has 0 aliphatic carbocycles. The van der Waals surface area contributed by atoms with Crippen LogP contribution in [0.25, 0.3) is 0 Å². The maximum atomic E-state index is 6.10. The molecule has 4 atom stereocenters. The lowest BCUT2D eigenvalue weighted by Gasteiger charge is -2.42. The lowest BCUT2D eigenvalue weighted by molar-refractivity contribution is -0.0682. The van der Waals surface area contributed by atoms with Gasteiger partial charge in [0, 0.05) is 37.8 Å². The molecule has 3 aliphatic heterocycles. The molecule has 0 aromatic carbocycles. The Morgan fingerprint density at radius 1 is 1.26 bits per heavy atom. The van der Waals surface area contributed by atoms with E-state index in [2.05, 4.69) is 29.1 Å². The molecule has 3 heterocycles. The van der Waals surface area contributed by atoms with Gasteiger partial charge in [-0.2, -0.15) is 0 Å². The summed E-state index contributed by atoms with van der Waals surface area (Å²) in [5.41, 5.74) is 0. The Hall–Kier alpha value is -0.160. The molecule has 1 N–H and O–H groups in total. The van der Waals surface area contributed by atoms with Gasteiger partial charge in [-0.3, -0.25) is 9.80 Å². The number of morpholine rings is 1. The van der Waals surface area contributed by atoms with Crippen LogP contribution in [0, 0.1) is 0 Å². The topological polar surface area (TPSA) is 27.7 Å². The summed E-state index contributed by atoms with van der Waals surface area (Å²) in [4.78, 5) is 5.29. The highest BCUT2D eigenvalue weighted by Gasteiger charge is 2.34. The molecule has 0 aromatic rings. The first-order valence-electron chi connectivity index (χ1n) is 8.03. The van der Waals surface area contributed by atoms with Crippen LogP contribution in [0.2, 0.25) is 0 Å². The summed E-state index contributed by atoms with van der Waals surface area (Å²) in [6, 6.07) is 2.12. The molecule has 3 saturated heterocycles. The first-order valence-corrected chi connectivity index (χ1v) is 8.03. The molecule has 0 aromatic heterocycles. The van der Waals surface area contributed by atoms with Crippen molar-refractivity contribution in [3.63, 3.8) is 0 Å². The molecule has 4 unspecified atom stereocenters. The Morgan fingerprint density at radius 3 is 2.95 bits per heavy atom. The average Bonchev–Trinajstić information content (AvgIpc) is 2.88. The van der Waals surface area contributed by atoms with Crippen LogP contribution >= 0.6 is 0 Å². The average molecular weight is 267 g/mol. The second-order valence-corrected chi connectivity index (χ2v) is 6.60. The van der Waals surface area contributed by atoms with E-state index in [1.54, 1.807) is 0 Å². The lowest BCUT2D eigenvalue weighted by Crippen LogP contribution is -2.54. The van der Waals surface area contributed by atoms with Gasteiger partial charge >= 0.3 is 0 Å². The second kappa shape index (κ2) is 6.08. The zero-order chi connectivity index (χ0) is 13.2. The Kier molecular flexibility index (Phi) is 4.42. The summed E-state index contributed by atoms with van der Waals surface area (Å²) in [5.74, 6) is 0. The van der Waals surface area contributed by atoms with Crippen LogP contribution in [0.3, 0.4) is 0 Å². The number of fused-ring (bicyclic) bond motifs is 1. The van der Waals surface area contributed by atoms with Crippen molar-refractivity contribution in [3.05, 3.63) is 0 Å². The first kappa shape index (κ1) is 13.8. The van der Waals surface area contributed by atoms with Crippen LogP contribution < -0.4 is 5.32 Å². The van der Waals surface area contributed by atoms with Gasteiger partial charge in [0.05, 0.1) is 12.7 Å². The van der Waals surface area contributed by atoms with E-state index in [0.29, 0.717) is 18.2 Å². The Morgan fingerprint density at radius 2 is 2.16 bits per heavy atom. The first-order chi connectivity index (χ1) is 9.26. The number of rotatable bonds is 3. The van der Waals surface area contributed by atoms with Crippen LogP contribution in [-0.2, 0) is 4.74 Å². The normalized spacial score (nSPS) is 41.4. The van der Waals surface area contributed by atoms with Gasteiger partial charge in [-0.05, 0) is 46.2 Å². The standard InChI is InChI=1S/C15H29N3O/c1-12-8-13(16-2)5-7-17(12)9-15-10-18-6-3-4-14(18)11-19-15/h12-16H,3-11H2,1-2H3. The van der Waals surface area contributed by atoms with Crippen molar-refractivity contribution >= 4 is 0 Å². The van der Waals surface area contributed by atoms with E-state index < -0.39 is 0 Å². The molecule has 0 saturated carbocycles. The summed E-state index contributed by atoms with van der Waals surface area (Å²) in [6.07, 6.45) is 5.69. The summed E-state index contributed by atoms with van der Waals surface area (Å²) in [7, 11) is 2.09. The van der Waals surface area contributed by atoms with Crippen molar-refractivity contribution in [2.75, 3.05) is 39.8 Å². The number of nitrogens with zero attached hydrogens (tertiary/aromatic N) is 2.